The number of anilines is 2. The average Bonchev–Trinajstić information content (AvgIpc) is 3.16. The SMILES string of the molecule is Nc1cccc2c1Cc1nc(Oc3cnc4cccnc4c3)nc(N3CC4C(N)C4C3)c1-2. The van der Waals surface area contributed by atoms with Gasteiger partial charge in [0, 0.05) is 49.1 Å². The van der Waals surface area contributed by atoms with E-state index in [2.05, 4.69) is 20.9 Å². The van der Waals surface area contributed by atoms with E-state index in [0.29, 0.717) is 36.1 Å². The molecule has 3 aliphatic rings. The van der Waals surface area contributed by atoms with Crippen LogP contribution in [-0.4, -0.2) is 39.1 Å². The number of hydrogen-bond acceptors (Lipinski definition) is 8. The zero-order valence-electron chi connectivity index (χ0n) is 17.3. The first kappa shape index (κ1) is 17.9. The van der Waals surface area contributed by atoms with E-state index < -0.39 is 0 Å². The van der Waals surface area contributed by atoms with Crippen molar-refractivity contribution in [3.8, 4) is 22.9 Å². The van der Waals surface area contributed by atoms with Crippen LogP contribution in [0.3, 0.4) is 0 Å². The molecule has 0 bridgehead atoms. The lowest BCUT2D eigenvalue weighted by atomic mass is 10.1. The van der Waals surface area contributed by atoms with Crippen molar-refractivity contribution in [3.63, 3.8) is 0 Å². The Morgan fingerprint density at radius 2 is 1.88 bits per heavy atom. The predicted molar refractivity (Wildman–Crippen MR) is 121 cm³/mol. The Morgan fingerprint density at radius 1 is 1.00 bits per heavy atom. The van der Waals surface area contributed by atoms with Gasteiger partial charge in [-0.25, -0.2) is 0 Å². The maximum absolute atomic E-state index is 6.29. The molecule has 4 aromatic rings. The zero-order valence-corrected chi connectivity index (χ0v) is 17.3. The number of benzene rings is 1. The van der Waals surface area contributed by atoms with Crippen LogP contribution in [0.2, 0.25) is 0 Å². The van der Waals surface area contributed by atoms with Gasteiger partial charge in [-0.2, -0.15) is 9.97 Å². The summed E-state index contributed by atoms with van der Waals surface area (Å²) in [5, 5.41) is 0. The third-order valence-electron chi connectivity index (χ3n) is 6.97. The Hall–Kier alpha value is -3.78. The molecule has 1 saturated carbocycles. The van der Waals surface area contributed by atoms with Crippen molar-refractivity contribution in [2.45, 2.75) is 12.5 Å². The fourth-order valence-electron chi connectivity index (χ4n) is 5.19. The van der Waals surface area contributed by atoms with Gasteiger partial charge in [0.1, 0.15) is 5.82 Å². The lowest BCUT2D eigenvalue weighted by molar-refractivity contribution is 0.439. The topological polar surface area (TPSA) is 116 Å². The quantitative estimate of drug-likeness (QED) is 0.426. The minimum atomic E-state index is 0.312. The monoisotopic (exact) mass is 423 g/mol. The van der Waals surface area contributed by atoms with Gasteiger partial charge in [0.05, 0.1) is 22.9 Å². The van der Waals surface area contributed by atoms with E-state index in [4.69, 9.17) is 26.2 Å². The maximum atomic E-state index is 6.29. The van der Waals surface area contributed by atoms with Crippen LogP contribution in [-0.2, 0) is 6.42 Å². The molecular formula is C24H21N7O. The second-order valence-electron chi connectivity index (χ2n) is 8.83. The van der Waals surface area contributed by atoms with Gasteiger partial charge in [-0.05, 0) is 41.2 Å². The van der Waals surface area contributed by atoms with Crippen LogP contribution in [0.15, 0.2) is 48.8 Å². The summed E-state index contributed by atoms with van der Waals surface area (Å²) in [6, 6.07) is 12.3. The number of ether oxygens (including phenoxy) is 1. The van der Waals surface area contributed by atoms with E-state index in [9.17, 15) is 0 Å². The van der Waals surface area contributed by atoms with Crippen molar-refractivity contribution in [2.24, 2.45) is 17.6 Å². The van der Waals surface area contributed by atoms with Crippen molar-refractivity contribution >= 4 is 22.5 Å². The van der Waals surface area contributed by atoms with E-state index in [0.717, 1.165) is 58.0 Å². The lowest BCUT2D eigenvalue weighted by Crippen LogP contribution is -2.29. The Labute approximate surface area is 184 Å². The molecule has 2 aliphatic carbocycles. The number of piperidine rings is 1. The van der Waals surface area contributed by atoms with Crippen LogP contribution < -0.4 is 21.1 Å². The molecule has 7 rings (SSSR count). The van der Waals surface area contributed by atoms with E-state index in [1.807, 2.05) is 30.3 Å². The van der Waals surface area contributed by atoms with E-state index in [1.165, 1.54) is 0 Å². The number of nitrogen functional groups attached to an aromatic ring is 1. The summed E-state index contributed by atoms with van der Waals surface area (Å²) in [4.78, 5) is 20.8. The second kappa shape index (κ2) is 6.37. The molecule has 1 aliphatic heterocycles. The highest BCUT2D eigenvalue weighted by molar-refractivity contribution is 5.88. The van der Waals surface area contributed by atoms with Gasteiger partial charge >= 0.3 is 6.01 Å². The molecule has 158 valence electrons. The van der Waals surface area contributed by atoms with Gasteiger partial charge in [0.15, 0.2) is 5.75 Å². The molecule has 1 aromatic carbocycles. The molecule has 0 spiro atoms. The molecule has 8 heteroatoms. The third-order valence-corrected chi connectivity index (χ3v) is 6.97. The molecule has 2 fully saturated rings. The second-order valence-corrected chi connectivity index (χ2v) is 8.83. The van der Waals surface area contributed by atoms with Gasteiger partial charge in [-0.3, -0.25) is 9.97 Å². The van der Waals surface area contributed by atoms with Crippen LogP contribution in [0.25, 0.3) is 22.2 Å². The number of fused-ring (bicyclic) bond motifs is 5. The summed E-state index contributed by atoms with van der Waals surface area (Å²) in [7, 11) is 0. The van der Waals surface area contributed by atoms with Crippen molar-refractivity contribution in [3.05, 3.63) is 60.0 Å². The average molecular weight is 423 g/mol. The van der Waals surface area contributed by atoms with Crippen LogP contribution in [0, 0.1) is 11.8 Å². The fraction of sp³-hybridized carbons (Fsp3) is 0.250. The van der Waals surface area contributed by atoms with E-state index >= 15 is 0 Å². The molecule has 0 radical (unpaired) electrons. The molecule has 4 heterocycles. The predicted octanol–water partition coefficient (Wildman–Crippen LogP) is 2.76. The minimum Gasteiger partial charge on any atom is -0.423 e. The molecule has 1 saturated heterocycles. The van der Waals surface area contributed by atoms with Crippen LogP contribution in [0.4, 0.5) is 11.5 Å². The van der Waals surface area contributed by atoms with Gasteiger partial charge in [-0.15, -0.1) is 0 Å². The van der Waals surface area contributed by atoms with Crippen LogP contribution in [0.1, 0.15) is 11.3 Å². The highest BCUT2D eigenvalue weighted by Gasteiger charge is 2.54. The van der Waals surface area contributed by atoms with Gasteiger partial charge in [-0.1, -0.05) is 12.1 Å². The summed E-state index contributed by atoms with van der Waals surface area (Å²) in [6.07, 6.45) is 4.08. The smallest absolute Gasteiger partial charge is 0.324 e. The first-order chi connectivity index (χ1) is 15.7. The molecule has 8 nitrogen and oxygen atoms in total. The number of nitrogens with two attached hydrogens (primary N) is 2. The lowest BCUT2D eigenvalue weighted by Gasteiger charge is -2.23. The van der Waals surface area contributed by atoms with Gasteiger partial charge < -0.3 is 21.1 Å². The number of rotatable bonds is 3. The highest BCUT2D eigenvalue weighted by atomic mass is 16.5. The van der Waals surface area contributed by atoms with Crippen LogP contribution >= 0.6 is 0 Å². The first-order valence-corrected chi connectivity index (χ1v) is 10.8. The number of pyridine rings is 2. The number of hydrogen-bond donors (Lipinski definition) is 2. The summed E-state index contributed by atoms with van der Waals surface area (Å²) in [5.74, 6) is 2.55. The molecular weight excluding hydrogens is 402 g/mol. The molecule has 32 heavy (non-hydrogen) atoms. The Balaban J connectivity index is 1.32. The number of nitrogens with zero attached hydrogens (tertiary/aromatic N) is 5. The summed E-state index contributed by atoms with van der Waals surface area (Å²) in [6.45, 7) is 1.82. The summed E-state index contributed by atoms with van der Waals surface area (Å²) in [5.41, 5.74) is 19.1. The van der Waals surface area contributed by atoms with Crippen molar-refractivity contribution in [1.82, 2.24) is 19.9 Å². The summed E-state index contributed by atoms with van der Waals surface area (Å²) >= 11 is 0. The zero-order chi connectivity index (χ0) is 21.4. The normalized spacial score (nSPS) is 22.5. The molecule has 4 N–H and O–H groups in total. The van der Waals surface area contributed by atoms with Crippen LogP contribution in [0.5, 0.6) is 11.8 Å². The maximum Gasteiger partial charge on any atom is 0.324 e. The summed E-state index contributed by atoms with van der Waals surface area (Å²) < 4.78 is 6.09. The Bertz CT molecular complexity index is 1390. The van der Waals surface area contributed by atoms with Crippen molar-refractivity contribution in [1.29, 1.82) is 0 Å². The Kier molecular flexibility index (Phi) is 3.55. The molecule has 0 amide bonds. The van der Waals surface area contributed by atoms with Gasteiger partial charge in [0.2, 0.25) is 0 Å². The van der Waals surface area contributed by atoms with E-state index in [1.54, 1.807) is 12.4 Å². The first-order valence-electron chi connectivity index (χ1n) is 10.8. The van der Waals surface area contributed by atoms with Gasteiger partial charge in [0.25, 0.3) is 0 Å². The fourth-order valence-corrected chi connectivity index (χ4v) is 5.19. The molecule has 3 aromatic heterocycles. The van der Waals surface area contributed by atoms with E-state index in [-0.39, 0.29) is 0 Å². The Morgan fingerprint density at radius 3 is 2.75 bits per heavy atom. The minimum absolute atomic E-state index is 0.312. The molecule has 2 atom stereocenters. The largest absolute Gasteiger partial charge is 0.423 e. The molecule has 2 unspecified atom stereocenters. The van der Waals surface area contributed by atoms with Crippen molar-refractivity contribution in [2.75, 3.05) is 23.7 Å². The number of aromatic nitrogens is 4. The highest BCUT2D eigenvalue weighted by Crippen LogP contribution is 2.49. The standard InChI is InChI=1S/C24H21N7O/c25-17-4-1-3-13-14(17)8-20-21(13)23(31-10-15-16(11-31)22(15)26)30-24(29-20)32-12-7-19-18(28-9-12)5-2-6-27-19/h1-7,9,15-16,22H,8,10-11,25-26H2. The van der Waals surface area contributed by atoms with Crippen molar-refractivity contribution < 1.29 is 4.74 Å². The third kappa shape index (κ3) is 2.59.